The first-order chi connectivity index (χ1) is 11.0. The van der Waals surface area contributed by atoms with Crippen molar-refractivity contribution < 1.29 is 19.1 Å². The van der Waals surface area contributed by atoms with Crippen LogP contribution >= 0.6 is 15.9 Å². The molecule has 1 saturated carbocycles. The van der Waals surface area contributed by atoms with Gasteiger partial charge in [0.15, 0.2) is 0 Å². The molecule has 2 aliphatic rings. The van der Waals surface area contributed by atoms with E-state index in [0.717, 1.165) is 29.4 Å². The molecule has 0 unspecified atom stereocenters. The van der Waals surface area contributed by atoms with Gasteiger partial charge in [0, 0.05) is 31.9 Å². The van der Waals surface area contributed by atoms with E-state index in [9.17, 15) is 14.0 Å². The lowest BCUT2D eigenvalue weighted by Crippen LogP contribution is -2.38. The van der Waals surface area contributed by atoms with E-state index in [4.69, 9.17) is 5.11 Å². The van der Waals surface area contributed by atoms with Crippen molar-refractivity contribution >= 4 is 27.9 Å². The molecule has 2 amide bonds. The molecule has 8 heteroatoms. The minimum Gasteiger partial charge on any atom is -0.465 e. The Bertz CT molecular complexity index is 682. The van der Waals surface area contributed by atoms with Crippen LogP contribution in [0.5, 0.6) is 0 Å². The van der Waals surface area contributed by atoms with Gasteiger partial charge in [-0.05, 0) is 46.3 Å². The monoisotopic (exact) mass is 385 g/mol. The number of fused-ring (bicyclic) bond motifs is 1. The second-order valence-corrected chi connectivity index (χ2v) is 6.60. The molecular weight excluding hydrogens is 369 g/mol. The fourth-order valence-electron chi connectivity index (χ4n) is 2.87. The molecule has 1 aromatic rings. The molecule has 3 rings (SSSR count). The van der Waals surface area contributed by atoms with E-state index in [2.05, 4.69) is 21.2 Å². The predicted molar refractivity (Wildman–Crippen MR) is 85.1 cm³/mol. The average molecular weight is 386 g/mol. The number of aromatic nitrogens is 1. The highest BCUT2D eigenvalue weighted by atomic mass is 79.9. The molecule has 1 aliphatic heterocycles. The number of carboxylic acid groups (broad SMARTS) is 1. The maximum Gasteiger partial charge on any atom is 0.404 e. The van der Waals surface area contributed by atoms with Crippen molar-refractivity contribution in [2.24, 2.45) is 0 Å². The number of carbonyl (C=O) groups is 2. The minimum absolute atomic E-state index is 0.0302. The van der Waals surface area contributed by atoms with E-state index in [1.165, 1.54) is 0 Å². The van der Waals surface area contributed by atoms with E-state index < -0.39 is 6.09 Å². The van der Waals surface area contributed by atoms with Crippen LogP contribution in [0.4, 0.5) is 9.18 Å². The van der Waals surface area contributed by atoms with Gasteiger partial charge in [0.25, 0.3) is 5.91 Å². The summed E-state index contributed by atoms with van der Waals surface area (Å²) in [5.41, 5.74) is 1.88. The second-order valence-electron chi connectivity index (χ2n) is 5.85. The van der Waals surface area contributed by atoms with Crippen molar-refractivity contribution in [1.29, 1.82) is 0 Å². The van der Waals surface area contributed by atoms with Crippen molar-refractivity contribution in [2.45, 2.75) is 31.8 Å². The van der Waals surface area contributed by atoms with Crippen LogP contribution in [-0.2, 0) is 13.0 Å². The van der Waals surface area contributed by atoms with E-state index in [1.54, 1.807) is 10.8 Å². The lowest BCUT2D eigenvalue weighted by molar-refractivity contribution is 0.0727. The van der Waals surface area contributed by atoms with Crippen LogP contribution < -0.4 is 5.32 Å². The fraction of sp³-hybridized carbons (Fsp3) is 0.467. The van der Waals surface area contributed by atoms with Crippen LogP contribution in [0.25, 0.3) is 0 Å². The van der Waals surface area contributed by atoms with Gasteiger partial charge in [-0.3, -0.25) is 4.79 Å². The van der Waals surface area contributed by atoms with Crippen LogP contribution in [0.2, 0.25) is 0 Å². The number of hydrogen-bond acceptors (Lipinski definition) is 2. The van der Waals surface area contributed by atoms with Crippen molar-refractivity contribution in [2.75, 3.05) is 13.1 Å². The standard InChI is InChI=1S/C15H17BrFN3O3/c16-13-11-3-4-20(10-1-2-10)14(21)12(11)8-19(13)7-9(5-17)6-18-15(22)23/h5,8,10,18H,1-4,6-7H2,(H,22,23)/b9-5+. The summed E-state index contributed by atoms with van der Waals surface area (Å²) in [4.78, 5) is 25.0. The summed E-state index contributed by atoms with van der Waals surface area (Å²) in [6, 6.07) is 0.374. The average Bonchev–Trinajstić information content (AvgIpc) is 3.30. The Morgan fingerprint density at radius 3 is 2.87 bits per heavy atom. The van der Waals surface area contributed by atoms with Gasteiger partial charge in [-0.15, -0.1) is 0 Å². The first-order valence-corrected chi connectivity index (χ1v) is 8.24. The molecule has 0 spiro atoms. The van der Waals surface area contributed by atoms with Gasteiger partial charge in [0.05, 0.1) is 16.5 Å². The summed E-state index contributed by atoms with van der Waals surface area (Å²) in [5.74, 6) is 0.0302. The molecule has 2 N–H and O–H groups in total. The summed E-state index contributed by atoms with van der Waals surface area (Å²) < 4.78 is 15.5. The Kier molecular flexibility index (Phi) is 4.43. The summed E-state index contributed by atoms with van der Waals surface area (Å²) in [6.07, 6.45) is 3.83. The fourth-order valence-corrected chi connectivity index (χ4v) is 3.51. The smallest absolute Gasteiger partial charge is 0.404 e. The first kappa shape index (κ1) is 16.0. The zero-order chi connectivity index (χ0) is 16.6. The number of hydrogen-bond donors (Lipinski definition) is 2. The largest absolute Gasteiger partial charge is 0.465 e. The van der Waals surface area contributed by atoms with Crippen LogP contribution in [0.3, 0.4) is 0 Å². The molecule has 1 fully saturated rings. The molecule has 0 radical (unpaired) electrons. The normalized spacial score (nSPS) is 18.1. The van der Waals surface area contributed by atoms with Crippen molar-refractivity contribution in [3.8, 4) is 0 Å². The molecule has 6 nitrogen and oxygen atoms in total. The number of halogens is 2. The molecular formula is C15H17BrFN3O3. The zero-order valence-corrected chi connectivity index (χ0v) is 14.0. The number of nitrogens with one attached hydrogen (secondary N) is 1. The molecule has 0 atom stereocenters. The zero-order valence-electron chi connectivity index (χ0n) is 12.4. The number of carbonyl (C=O) groups excluding carboxylic acids is 1. The maximum absolute atomic E-state index is 13.0. The molecule has 0 bridgehead atoms. The van der Waals surface area contributed by atoms with Gasteiger partial charge in [0.1, 0.15) is 0 Å². The molecule has 23 heavy (non-hydrogen) atoms. The highest BCUT2D eigenvalue weighted by Crippen LogP contribution is 2.35. The number of rotatable bonds is 5. The van der Waals surface area contributed by atoms with Gasteiger partial charge >= 0.3 is 6.09 Å². The quantitative estimate of drug-likeness (QED) is 0.817. The topological polar surface area (TPSA) is 74.6 Å². The van der Waals surface area contributed by atoms with Crippen LogP contribution in [0.1, 0.15) is 28.8 Å². The van der Waals surface area contributed by atoms with Crippen LogP contribution in [0.15, 0.2) is 22.7 Å². The van der Waals surface area contributed by atoms with Gasteiger partial charge in [0.2, 0.25) is 0 Å². The highest BCUT2D eigenvalue weighted by Gasteiger charge is 2.37. The lowest BCUT2D eigenvalue weighted by Gasteiger charge is -2.26. The van der Waals surface area contributed by atoms with E-state index in [1.807, 2.05) is 4.90 Å². The van der Waals surface area contributed by atoms with Gasteiger partial charge < -0.3 is 19.9 Å². The van der Waals surface area contributed by atoms with Crippen molar-refractivity contribution in [3.63, 3.8) is 0 Å². The Morgan fingerprint density at radius 2 is 2.26 bits per heavy atom. The third kappa shape index (κ3) is 3.26. The molecule has 124 valence electrons. The highest BCUT2D eigenvalue weighted by molar-refractivity contribution is 9.10. The van der Waals surface area contributed by atoms with Crippen LogP contribution in [-0.4, -0.2) is 45.7 Å². The van der Waals surface area contributed by atoms with E-state index >= 15 is 0 Å². The summed E-state index contributed by atoms with van der Waals surface area (Å²) in [7, 11) is 0. The number of amides is 2. The van der Waals surface area contributed by atoms with Crippen LogP contribution in [0, 0.1) is 0 Å². The third-order valence-corrected chi connectivity index (χ3v) is 5.12. The Balaban J connectivity index is 1.78. The number of nitrogens with zero attached hydrogens (tertiary/aromatic N) is 2. The van der Waals surface area contributed by atoms with Gasteiger partial charge in [-0.2, -0.15) is 0 Å². The Labute approximate surface area is 141 Å². The maximum atomic E-state index is 13.0. The van der Waals surface area contributed by atoms with Crippen molar-refractivity contribution in [3.05, 3.63) is 33.8 Å². The van der Waals surface area contributed by atoms with Crippen molar-refractivity contribution in [1.82, 2.24) is 14.8 Å². The van der Waals surface area contributed by atoms with E-state index in [0.29, 0.717) is 24.5 Å². The summed E-state index contributed by atoms with van der Waals surface area (Å²) >= 11 is 3.48. The minimum atomic E-state index is -1.20. The third-order valence-electron chi connectivity index (χ3n) is 4.19. The van der Waals surface area contributed by atoms with Gasteiger partial charge in [-0.1, -0.05) is 0 Å². The predicted octanol–water partition coefficient (Wildman–Crippen LogP) is 2.53. The summed E-state index contributed by atoms with van der Waals surface area (Å²) in [5, 5.41) is 10.7. The SMILES string of the molecule is O=C(O)NC/C(=C\F)Cn1cc2c(c1Br)CCN(C1CC1)C2=O. The molecule has 1 aliphatic carbocycles. The van der Waals surface area contributed by atoms with E-state index in [-0.39, 0.29) is 24.6 Å². The summed E-state index contributed by atoms with van der Waals surface area (Å²) in [6.45, 7) is 0.801. The Hall–Kier alpha value is -1.83. The van der Waals surface area contributed by atoms with Gasteiger partial charge in [-0.25, -0.2) is 9.18 Å². The molecule has 1 aromatic heterocycles. The Morgan fingerprint density at radius 1 is 1.52 bits per heavy atom. The molecule has 2 heterocycles. The first-order valence-electron chi connectivity index (χ1n) is 7.44. The molecule has 0 aromatic carbocycles. The lowest BCUT2D eigenvalue weighted by atomic mass is 10.0. The molecule has 0 saturated heterocycles. The second kappa shape index (κ2) is 6.35.